The lowest BCUT2D eigenvalue weighted by atomic mass is 10.1. The predicted molar refractivity (Wildman–Crippen MR) is 81.5 cm³/mol. The quantitative estimate of drug-likeness (QED) is 0.754. The van der Waals surface area contributed by atoms with Gasteiger partial charge in [-0.05, 0) is 18.1 Å². The second kappa shape index (κ2) is 6.58. The average Bonchev–Trinajstić information content (AvgIpc) is 2.73. The molecular formula is C16H19ClN2. The number of imidazole rings is 1. The molecule has 2 nitrogen and oxygen atoms in total. The van der Waals surface area contributed by atoms with Gasteiger partial charge in [-0.1, -0.05) is 61.9 Å². The summed E-state index contributed by atoms with van der Waals surface area (Å²) in [5.41, 5.74) is 2.03. The topological polar surface area (TPSA) is 17.8 Å². The molecule has 0 unspecified atom stereocenters. The molecule has 0 fully saturated rings. The van der Waals surface area contributed by atoms with E-state index in [2.05, 4.69) is 35.2 Å². The highest BCUT2D eigenvalue weighted by Gasteiger charge is 2.13. The van der Waals surface area contributed by atoms with Gasteiger partial charge in [-0.25, -0.2) is 4.98 Å². The number of nitrogens with zero attached hydrogens (tertiary/aromatic N) is 2. The number of rotatable bonds is 6. The van der Waals surface area contributed by atoms with Crippen molar-refractivity contribution in [1.29, 1.82) is 0 Å². The van der Waals surface area contributed by atoms with E-state index in [1.165, 1.54) is 5.56 Å². The van der Waals surface area contributed by atoms with Gasteiger partial charge >= 0.3 is 0 Å². The number of aromatic nitrogens is 2. The predicted octanol–water partition coefficient (Wildman–Crippen LogP) is 4.57. The van der Waals surface area contributed by atoms with Crippen molar-refractivity contribution < 1.29 is 0 Å². The Morgan fingerprint density at radius 2 is 2.05 bits per heavy atom. The number of hydrogen-bond donors (Lipinski definition) is 0. The Bertz CT molecular complexity index is 543. The molecule has 19 heavy (non-hydrogen) atoms. The SMILES string of the molecule is C=Cc1nc(Cc2ccccc2)n(CCCC)c1Cl. The molecule has 0 radical (unpaired) electrons. The third-order valence-corrected chi connectivity index (χ3v) is 3.54. The van der Waals surface area contributed by atoms with Gasteiger partial charge in [0.15, 0.2) is 0 Å². The molecule has 0 N–H and O–H groups in total. The zero-order chi connectivity index (χ0) is 13.7. The maximum absolute atomic E-state index is 6.36. The smallest absolute Gasteiger partial charge is 0.136 e. The van der Waals surface area contributed by atoms with Crippen molar-refractivity contribution in [2.75, 3.05) is 0 Å². The maximum Gasteiger partial charge on any atom is 0.136 e. The molecule has 1 aromatic carbocycles. The Morgan fingerprint density at radius 1 is 1.32 bits per heavy atom. The van der Waals surface area contributed by atoms with E-state index in [-0.39, 0.29) is 0 Å². The van der Waals surface area contributed by atoms with Gasteiger partial charge in [0.1, 0.15) is 16.7 Å². The Labute approximate surface area is 119 Å². The van der Waals surface area contributed by atoms with Gasteiger partial charge in [0, 0.05) is 13.0 Å². The van der Waals surface area contributed by atoms with Gasteiger partial charge in [-0.2, -0.15) is 0 Å². The Hall–Kier alpha value is -1.54. The van der Waals surface area contributed by atoms with Crippen LogP contribution in [0.25, 0.3) is 6.08 Å². The highest BCUT2D eigenvalue weighted by molar-refractivity contribution is 6.31. The lowest BCUT2D eigenvalue weighted by Gasteiger charge is -2.08. The van der Waals surface area contributed by atoms with E-state index < -0.39 is 0 Å². The molecule has 2 aromatic rings. The number of unbranched alkanes of at least 4 members (excludes halogenated alkanes) is 1. The Balaban J connectivity index is 2.30. The second-order valence-electron chi connectivity index (χ2n) is 4.58. The van der Waals surface area contributed by atoms with Crippen LogP contribution in [0.2, 0.25) is 5.15 Å². The highest BCUT2D eigenvalue weighted by Crippen LogP contribution is 2.22. The van der Waals surface area contributed by atoms with Crippen LogP contribution >= 0.6 is 11.6 Å². The minimum atomic E-state index is 0.703. The lowest BCUT2D eigenvalue weighted by molar-refractivity contribution is 0.609. The van der Waals surface area contributed by atoms with Crippen molar-refractivity contribution in [3.05, 3.63) is 59.1 Å². The zero-order valence-corrected chi connectivity index (χ0v) is 12.0. The van der Waals surface area contributed by atoms with Crippen LogP contribution in [0.4, 0.5) is 0 Å². The first-order valence-corrected chi connectivity index (χ1v) is 7.05. The van der Waals surface area contributed by atoms with Crippen LogP contribution in [-0.4, -0.2) is 9.55 Å². The first-order valence-electron chi connectivity index (χ1n) is 6.67. The molecule has 0 amide bonds. The van der Waals surface area contributed by atoms with Gasteiger partial charge < -0.3 is 4.57 Å². The summed E-state index contributed by atoms with van der Waals surface area (Å²) >= 11 is 6.36. The summed E-state index contributed by atoms with van der Waals surface area (Å²) < 4.78 is 2.11. The van der Waals surface area contributed by atoms with E-state index in [1.54, 1.807) is 6.08 Å². The third kappa shape index (κ3) is 3.27. The minimum absolute atomic E-state index is 0.703. The molecule has 0 aliphatic rings. The Kier molecular flexibility index (Phi) is 4.80. The van der Waals surface area contributed by atoms with Crippen LogP contribution in [0.3, 0.4) is 0 Å². The summed E-state index contributed by atoms with van der Waals surface area (Å²) in [6.07, 6.45) is 4.77. The van der Waals surface area contributed by atoms with Gasteiger partial charge in [-0.15, -0.1) is 0 Å². The molecule has 0 bridgehead atoms. The molecule has 0 spiro atoms. The normalized spacial score (nSPS) is 10.6. The van der Waals surface area contributed by atoms with Gasteiger partial charge in [0.25, 0.3) is 0 Å². The monoisotopic (exact) mass is 274 g/mol. The van der Waals surface area contributed by atoms with Crippen molar-refractivity contribution in [3.8, 4) is 0 Å². The molecule has 0 aliphatic heterocycles. The zero-order valence-electron chi connectivity index (χ0n) is 11.3. The molecule has 0 saturated carbocycles. The van der Waals surface area contributed by atoms with Crippen molar-refractivity contribution in [2.24, 2.45) is 0 Å². The standard InChI is InChI=1S/C16H19ClN2/c1-3-5-11-19-15(18-14(4-2)16(19)17)12-13-9-7-6-8-10-13/h4,6-10H,2-3,5,11-12H2,1H3. The molecule has 3 heteroatoms. The fourth-order valence-corrected chi connectivity index (χ4v) is 2.39. The van der Waals surface area contributed by atoms with Crippen molar-refractivity contribution in [3.63, 3.8) is 0 Å². The van der Waals surface area contributed by atoms with Crippen LogP contribution < -0.4 is 0 Å². The van der Waals surface area contributed by atoms with Crippen LogP contribution in [0, 0.1) is 0 Å². The van der Waals surface area contributed by atoms with Gasteiger partial charge in [-0.3, -0.25) is 0 Å². The second-order valence-corrected chi connectivity index (χ2v) is 4.93. The lowest BCUT2D eigenvalue weighted by Crippen LogP contribution is -2.05. The molecule has 0 aliphatic carbocycles. The van der Waals surface area contributed by atoms with Gasteiger partial charge in [0.2, 0.25) is 0 Å². The molecular weight excluding hydrogens is 256 g/mol. The summed E-state index contributed by atoms with van der Waals surface area (Å²) in [7, 11) is 0. The molecule has 2 rings (SSSR count). The van der Waals surface area contributed by atoms with Crippen LogP contribution in [0.5, 0.6) is 0 Å². The first-order chi connectivity index (χ1) is 9.26. The van der Waals surface area contributed by atoms with E-state index in [1.807, 2.05) is 18.2 Å². The van der Waals surface area contributed by atoms with Crippen LogP contribution in [0.15, 0.2) is 36.9 Å². The fraction of sp³-hybridized carbons (Fsp3) is 0.312. The number of benzene rings is 1. The van der Waals surface area contributed by atoms with E-state index in [4.69, 9.17) is 11.6 Å². The summed E-state index contributed by atoms with van der Waals surface area (Å²) in [6, 6.07) is 10.3. The average molecular weight is 275 g/mol. The van der Waals surface area contributed by atoms with Crippen molar-refractivity contribution in [2.45, 2.75) is 32.7 Å². The molecule has 100 valence electrons. The van der Waals surface area contributed by atoms with E-state index >= 15 is 0 Å². The fourth-order valence-electron chi connectivity index (χ4n) is 2.08. The molecule has 0 saturated heterocycles. The summed E-state index contributed by atoms with van der Waals surface area (Å²) in [6.45, 7) is 6.86. The van der Waals surface area contributed by atoms with E-state index in [0.29, 0.717) is 5.15 Å². The Morgan fingerprint density at radius 3 is 2.68 bits per heavy atom. The van der Waals surface area contributed by atoms with Crippen LogP contribution in [0.1, 0.15) is 36.8 Å². The number of halogens is 1. The van der Waals surface area contributed by atoms with E-state index in [0.717, 1.165) is 37.3 Å². The van der Waals surface area contributed by atoms with E-state index in [9.17, 15) is 0 Å². The summed E-state index contributed by atoms with van der Waals surface area (Å²) in [5.74, 6) is 1.01. The molecule has 1 heterocycles. The van der Waals surface area contributed by atoms with Crippen molar-refractivity contribution in [1.82, 2.24) is 9.55 Å². The first kappa shape index (κ1) is 13.9. The van der Waals surface area contributed by atoms with Gasteiger partial charge in [0.05, 0.1) is 0 Å². The third-order valence-electron chi connectivity index (χ3n) is 3.14. The number of hydrogen-bond acceptors (Lipinski definition) is 1. The maximum atomic E-state index is 6.36. The summed E-state index contributed by atoms with van der Waals surface area (Å²) in [5, 5.41) is 0.703. The molecule has 1 aromatic heterocycles. The minimum Gasteiger partial charge on any atom is -0.318 e. The molecule has 0 atom stereocenters. The van der Waals surface area contributed by atoms with Crippen LogP contribution in [-0.2, 0) is 13.0 Å². The highest BCUT2D eigenvalue weighted by atomic mass is 35.5. The largest absolute Gasteiger partial charge is 0.318 e. The summed E-state index contributed by atoms with van der Waals surface area (Å²) in [4.78, 5) is 4.59. The van der Waals surface area contributed by atoms with Crippen molar-refractivity contribution >= 4 is 17.7 Å².